The molecule has 2 rings (SSSR count). The molecule has 0 aliphatic carbocycles. The van der Waals surface area contributed by atoms with Crippen LogP contribution in [0.4, 0.5) is 4.39 Å². The Hall–Kier alpha value is -0.950. The summed E-state index contributed by atoms with van der Waals surface area (Å²) in [5.74, 6) is 1.20. The maximum absolute atomic E-state index is 13.1. The van der Waals surface area contributed by atoms with E-state index in [1.807, 2.05) is 0 Å². The number of aromatic nitrogens is 1. The minimum atomic E-state index is -0.236. The molecule has 0 atom stereocenters. The van der Waals surface area contributed by atoms with Gasteiger partial charge in [-0.25, -0.2) is 9.37 Å². The molecule has 0 saturated carbocycles. The number of aryl methyl sites for hydroxylation is 1. The van der Waals surface area contributed by atoms with Crippen LogP contribution in [0.5, 0.6) is 0 Å². The molecule has 0 saturated heterocycles. The topological polar surface area (TPSA) is 38.1 Å². The molecule has 0 amide bonds. The molecule has 1 aromatic heterocycles. The van der Waals surface area contributed by atoms with E-state index in [2.05, 4.69) is 39.8 Å². The Morgan fingerprint density at radius 2 is 2.20 bits per heavy atom. The smallest absolute Gasteiger partial charge is 0.194 e. The van der Waals surface area contributed by atoms with Crippen LogP contribution in [0.2, 0.25) is 0 Å². The highest BCUT2D eigenvalue weighted by Gasteiger charge is 2.10. The lowest BCUT2D eigenvalue weighted by molar-refractivity contribution is 0.491. The van der Waals surface area contributed by atoms with Gasteiger partial charge in [0.2, 0.25) is 0 Å². The average Bonchev–Trinajstić information content (AvgIpc) is 2.87. The van der Waals surface area contributed by atoms with E-state index in [-0.39, 0.29) is 5.82 Å². The molecule has 0 bridgehead atoms. The average molecular weight is 388 g/mol. The van der Waals surface area contributed by atoms with Crippen molar-refractivity contribution in [2.24, 2.45) is 0 Å². The van der Waals surface area contributed by atoms with E-state index < -0.39 is 0 Å². The van der Waals surface area contributed by atoms with Crippen LogP contribution in [0.1, 0.15) is 25.7 Å². The minimum Gasteiger partial charge on any atom is -0.441 e. The summed E-state index contributed by atoms with van der Waals surface area (Å²) in [7, 11) is 0. The van der Waals surface area contributed by atoms with Gasteiger partial charge in [0.05, 0.1) is 6.20 Å². The van der Waals surface area contributed by atoms with Crippen molar-refractivity contribution in [2.45, 2.75) is 26.2 Å². The molecule has 3 nitrogen and oxygen atoms in total. The zero-order valence-corrected chi connectivity index (χ0v) is 13.6. The highest BCUT2D eigenvalue weighted by molar-refractivity contribution is 14.1. The lowest BCUT2D eigenvalue weighted by Gasteiger charge is -2.01. The van der Waals surface area contributed by atoms with Crippen molar-refractivity contribution in [1.82, 2.24) is 10.3 Å². The predicted molar refractivity (Wildman–Crippen MR) is 86.1 cm³/mol. The van der Waals surface area contributed by atoms with Crippen LogP contribution in [0.3, 0.4) is 0 Å². The van der Waals surface area contributed by atoms with Crippen LogP contribution in [0.15, 0.2) is 28.8 Å². The molecule has 1 aromatic carbocycles. The van der Waals surface area contributed by atoms with Crippen molar-refractivity contribution in [1.29, 1.82) is 0 Å². The SMILES string of the molecule is CCCNCCCc1ncc(-c2ccc(F)cc2I)o1. The lowest BCUT2D eigenvalue weighted by atomic mass is 10.2. The Kier molecular flexibility index (Phi) is 5.97. The molecular formula is C15H18FIN2O. The maximum Gasteiger partial charge on any atom is 0.194 e. The molecule has 1 N–H and O–H groups in total. The predicted octanol–water partition coefficient (Wildman–Crippen LogP) is 4.02. The Balaban J connectivity index is 1.95. The summed E-state index contributed by atoms with van der Waals surface area (Å²) in [4.78, 5) is 4.28. The van der Waals surface area contributed by atoms with Gasteiger partial charge in [-0.1, -0.05) is 6.92 Å². The van der Waals surface area contributed by atoms with E-state index in [0.717, 1.165) is 47.4 Å². The zero-order valence-electron chi connectivity index (χ0n) is 11.5. The van der Waals surface area contributed by atoms with Gasteiger partial charge in [0, 0.05) is 15.6 Å². The van der Waals surface area contributed by atoms with Crippen molar-refractivity contribution in [3.05, 3.63) is 39.7 Å². The summed E-state index contributed by atoms with van der Waals surface area (Å²) in [5, 5.41) is 3.35. The van der Waals surface area contributed by atoms with Gasteiger partial charge in [-0.05, 0) is 66.7 Å². The number of oxazole rings is 1. The van der Waals surface area contributed by atoms with Gasteiger partial charge in [0.1, 0.15) is 5.82 Å². The van der Waals surface area contributed by atoms with Crippen molar-refractivity contribution in [3.8, 4) is 11.3 Å². The fraction of sp³-hybridized carbons (Fsp3) is 0.400. The van der Waals surface area contributed by atoms with Crippen LogP contribution in [-0.4, -0.2) is 18.1 Å². The first kappa shape index (κ1) is 15.4. The van der Waals surface area contributed by atoms with Gasteiger partial charge in [-0.3, -0.25) is 0 Å². The first-order valence-corrected chi connectivity index (χ1v) is 7.89. The van der Waals surface area contributed by atoms with Gasteiger partial charge in [0.15, 0.2) is 11.7 Å². The van der Waals surface area contributed by atoms with E-state index in [4.69, 9.17) is 4.42 Å². The molecular weight excluding hydrogens is 370 g/mol. The molecule has 0 radical (unpaired) electrons. The van der Waals surface area contributed by atoms with Crippen LogP contribution in [0.25, 0.3) is 11.3 Å². The molecule has 2 aromatic rings. The zero-order chi connectivity index (χ0) is 14.4. The van der Waals surface area contributed by atoms with Gasteiger partial charge in [0.25, 0.3) is 0 Å². The Morgan fingerprint density at radius 1 is 1.35 bits per heavy atom. The third-order valence-electron chi connectivity index (χ3n) is 2.92. The number of benzene rings is 1. The summed E-state index contributed by atoms with van der Waals surface area (Å²) >= 11 is 2.10. The van der Waals surface area contributed by atoms with Gasteiger partial charge in [-0.15, -0.1) is 0 Å². The van der Waals surface area contributed by atoms with Gasteiger partial charge in [-0.2, -0.15) is 0 Å². The number of hydrogen-bond acceptors (Lipinski definition) is 3. The van der Waals surface area contributed by atoms with Crippen molar-refractivity contribution in [2.75, 3.05) is 13.1 Å². The molecule has 0 unspecified atom stereocenters. The normalized spacial score (nSPS) is 10.9. The van der Waals surface area contributed by atoms with Crippen LogP contribution in [-0.2, 0) is 6.42 Å². The number of halogens is 2. The van der Waals surface area contributed by atoms with E-state index in [0.29, 0.717) is 5.76 Å². The maximum atomic E-state index is 13.1. The summed E-state index contributed by atoms with van der Waals surface area (Å²) in [6.07, 6.45) is 4.67. The number of rotatable bonds is 7. The third-order valence-corrected chi connectivity index (χ3v) is 3.81. The van der Waals surface area contributed by atoms with Crippen LogP contribution >= 0.6 is 22.6 Å². The van der Waals surface area contributed by atoms with Crippen LogP contribution < -0.4 is 5.32 Å². The minimum absolute atomic E-state index is 0.236. The second kappa shape index (κ2) is 7.73. The Bertz CT molecular complexity index is 557. The van der Waals surface area contributed by atoms with E-state index >= 15 is 0 Å². The molecule has 0 fully saturated rings. The van der Waals surface area contributed by atoms with Crippen LogP contribution in [0, 0.1) is 9.39 Å². The number of hydrogen-bond donors (Lipinski definition) is 1. The molecule has 0 aliphatic heterocycles. The molecule has 0 aliphatic rings. The molecule has 0 spiro atoms. The second-order valence-electron chi connectivity index (χ2n) is 4.60. The first-order valence-electron chi connectivity index (χ1n) is 6.81. The van der Waals surface area contributed by atoms with Crippen molar-refractivity contribution in [3.63, 3.8) is 0 Å². The van der Waals surface area contributed by atoms with Gasteiger partial charge >= 0.3 is 0 Å². The van der Waals surface area contributed by atoms with E-state index in [1.165, 1.54) is 12.1 Å². The largest absolute Gasteiger partial charge is 0.441 e. The van der Waals surface area contributed by atoms with E-state index in [9.17, 15) is 4.39 Å². The quantitative estimate of drug-likeness (QED) is 0.575. The first-order chi connectivity index (χ1) is 9.70. The number of nitrogens with one attached hydrogen (secondary N) is 1. The second-order valence-corrected chi connectivity index (χ2v) is 5.76. The summed E-state index contributed by atoms with van der Waals surface area (Å²) in [5.41, 5.74) is 0.884. The fourth-order valence-electron chi connectivity index (χ4n) is 1.91. The highest BCUT2D eigenvalue weighted by Crippen LogP contribution is 2.26. The molecule has 1 heterocycles. The molecule has 20 heavy (non-hydrogen) atoms. The fourth-order valence-corrected chi connectivity index (χ4v) is 2.65. The monoisotopic (exact) mass is 388 g/mol. The highest BCUT2D eigenvalue weighted by atomic mass is 127. The van der Waals surface area contributed by atoms with Crippen molar-refractivity contribution >= 4 is 22.6 Å². The Morgan fingerprint density at radius 3 is 2.95 bits per heavy atom. The Labute approximate surface area is 132 Å². The third kappa shape index (κ3) is 4.28. The molecule has 5 heteroatoms. The molecule has 108 valence electrons. The summed E-state index contributed by atoms with van der Waals surface area (Å²) in [6, 6.07) is 4.66. The van der Waals surface area contributed by atoms with Gasteiger partial charge < -0.3 is 9.73 Å². The van der Waals surface area contributed by atoms with Crippen molar-refractivity contribution < 1.29 is 8.81 Å². The number of nitrogens with zero attached hydrogens (tertiary/aromatic N) is 1. The lowest BCUT2D eigenvalue weighted by Crippen LogP contribution is -2.16. The van der Waals surface area contributed by atoms with E-state index in [1.54, 1.807) is 12.3 Å². The summed E-state index contributed by atoms with van der Waals surface area (Å²) < 4.78 is 19.6. The summed E-state index contributed by atoms with van der Waals surface area (Å²) in [6.45, 7) is 4.17. The standard InChI is InChI=1S/C15H18FIN2O/c1-2-7-18-8-3-4-15-19-10-14(20-15)12-6-5-11(16)9-13(12)17/h5-6,9-10,18H,2-4,7-8H2,1H3.